The van der Waals surface area contributed by atoms with Crippen molar-refractivity contribution >= 4 is 5.95 Å². The molecule has 6 nitrogen and oxygen atoms in total. The number of likely N-dealkylation sites (N-methyl/N-ethyl adjacent to an activating group) is 1. The first-order valence-corrected chi connectivity index (χ1v) is 8.34. The Morgan fingerprint density at radius 1 is 1.17 bits per heavy atom. The van der Waals surface area contributed by atoms with Crippen LogP contribution in [-0.4, -0.2) is 53.6 Å². The minimum Gasteiger partial charge on any atom is -0.375 e. The van der Waals surface area contributed by atoms with Crippen LogP contribution in [0.1, 0.15) is 22.3 Å². The fourth-order valence-electron chi connectivity index (χ4n) is 2.84. The lowest BCUT2D eigenvalue weighted by Crippen LogP contribution is -2.32. The molecule has 1 aliphatic rings. The van der Waals surface area contributed by atoms with E-state index >= 15 is 0 Å². The van der Waals surface area contributed by atoms with E-state index in [-0.39, 0.29) is 0 Å². The topological polar surface area (TPSA) is 54.4 Å². The van der Waals surface area contributed by atoms with Gasteiger partial charge in [-0.1, -0.05) is 0 Å². The summed E-state index contributed by atoms with van der Waals surface area (Å²) in [7, 11) is 4.11. The zero-order valence-corrected chi connectivity index (χ0v) is 14.7. The molecule has 0 radical (unpaired) electrons. The number of fused-ring (bicyclic) bond motifs is 1. The van der Waals surface area contributed by atoms with Crippen LogP contribution >= 0.6 is 0 Å². The molecule has 0 saturated carbocycles. The third kappa shape index (κ3) is 4.07. The number of pyridine rings is 1. The molecule has 0 amide bonds. The number of ether oxygens (including phenoxy) is 1. The lowest BCUT2D eigenvalue weighted by atomic mass is 9.98. The summed E-state index contributed by atoms with van der Waals surface area (Å²) in [5, 5.41) is 0. The highest BCUT2D eigenvalue weighted by molar-refractivity contribution is 5.41. The number of hydrogen-bond acceptors (Lipinski definition) is 6. The van der Waals surface area contributed by atoms with Crippen LogP contribution < -0.4 is 4.90 Å². The average molecular weight is 327 g/mol. The Hall–Kier alpha value is -2.05. The number of rotatable bonds is 6. The molecular weight excluding hydrogens is 302 g/mol. The number of aryl methyl sites for hydroxylation is 1. The molecule has 0 spiro atoms. The van der Waals surface area contributed by atoms with E-state index < -0.39 is 0 Å². The van der Waals surface area contributed by atoms with Crippen molar-refractivity contribution in [1.29, 1.82) is 0 Å². The van der Waals surface area contributed by atoms with Crippen LogP contribution in [0.3, 0.4) is 0 Å². The van der Waals surface area contributed by atoms with Gasteiger partial charge >= 0.3 is 0 Å². The van der Waals surface area contributed by atoms with Crippen molar-refractivity contribution in [3.8, 4) is 0 Å². The smallest absolute Gasteiger partial charge is 0.225 e. The van der Waals surface area contributed by atoms with E-state index in [1.807, 2.05) is 31.7 Å². The van der Waals surface area contributed by atoms with Crippen LogP contribution in [0.15, 0.2) is 24.8 Å². The highest BCUT2D eigenvalue weighted by Gasteiger charge is 2.21. The van der Waals surface area contributed by atoms with E-state index in [9.17, 15) is 0 Å². The van der Waals surface area contributed by atoms with Gasteiger partial charge in [-0.25, -0.2) is 9.97 Å². The van der Waals surface area contributed by atoms with E-state index in [4.69, 9.17) is 4.74 Å². The van der Waals surface area contributed by atoms with Crippen molar-refractivity contribution < 1.29 is 4.74 Å². The van der Waals surface area contributed by atoms with Gasteiger partial charge < -0.3 is 14.5 Å². The maximum absolute atomic E-state index is 5.80. The van der Waals surface area contributed by atoms with Crippen molar-refractivity contribution in [2.75, 3.05) is 38.7 Å². The van der Waals surface area contributed by atoms with E-state index in [0.717, 1.165) is 44.2 Å². The van der Waals surface area contributed by atoms with Crippen LogP contribution in [0.5, 0.6) is 0 Å². The fourth-order valence-corrected chi connectivity index (χ4v) is 2.84. The summed E-state index contributed by atoms with van der Waals surface area (Å²) in [5.41, 5.74) is 4.91. The quantitative estimate of drug-likeness (QED) is 0.755. The lowest BCUT2D eigenvalue weighted by Gasteiger charge is -2.29. The molecule has 0 fully saturated rings. The highest BCUT2D eigenvalue weighted by Crippen LogP contribution is 2.24. The first-order chi connectivity index (χ1) is 11.6. The second kappa shape index (κ2) is 7.68. The zero-order valence-electron chi connectivity index (χ0n) is 14.7. The highest BCUT2D eigenvalue weighted by atomic mass is 16.5. The van der Waals surface area contributed by atoms with Crippen molar-refractivity contribution in [3.05, 3.63) is 47.0 Å². The van der Waals surface area contributed by atoms with Crippen LogP contribution in [0.2, 0.25) is 0 Å². The lowest BCUT2D eigenvalue weighted by molar-refractivity contribution is 0.104. The Labute approximate surface area is 143 Å². The van der Waals surface area contributed by atoms with Gasteiger partial charge in [-0.15, -0.1) is 0 Å². The van der Waals surface area contributed by atoms with E-state index in [0.29, 0.717) is 6.61 Å². The van der Waals surface area contributed by atoms with Gasteiger partial charge in [-0.3, -0.25) is 4.98 Å². The molecule has 3 heterocycles. The normalized spacial score (nSPS) is 14.1. The van der Waals surface area contributed by atoms with E-state index in [1.165, 1.54) is 16.7 Å². The SMILES string of the molecule is Cc1cnc(N2CCc3c(COCCN(C)C)cncc3C2)nc1. The molecule has 2 aromatic heterocycles. The van der Waals surface area contributed by atoms with Crippen molar-refractivity contribution in [1.82, 2.24) is 19.9 Å². The molecule has 24 heavy (non-hydrogen) atoms. The molecule has 2 aromatic rings. The maximum Gasteiger partial charge on any atom is 0.225 e. The van der Waals surface area contributed by atoms with E-state index in [1.54, 1.807) is 0 Å². The molecule has 3 rings (SSSR count). The van der Waals surface area contributed by atoms with Crippen molar-refractivity contribution in [2.45, 2.75) is 26.5 Å². The Morgan fingerprint density at radius 3 is 2.71 bits per heavy atom. The zero-order chi connectivity index (χ0) is 16.9. The summed E-state index contributed by atoms with van der Waals surface area (Å²) in [6.45, 7) is 6.02. The molecule has 128 valence electrons. The van der Waals surface area contributed by atoms with E-state index in [2.05, 4.69) is 38.8 Å². The van der Waals surface area contributed by atoms with Crippen molar-refractivity contribution in [2.24, 2.45) is 0 Å². The van der Waals surface area contributed by atoms with Crippen LogP contribution in [0.25, 0.3) is 0 Å². The first-order valence-electron chi connectivity index (χ1n) is 8.34. The molecule has 0 unspecified atom stereocenters. The molecule has 0 saturated heterocycles. The van der Waals surface area contributed by atoms with Crippen LogP contribution in [-0.2, 0) is 24.3 Å². The molecule has 0 N–H and O–H groups in total. The molecule has 0 aromatic carbocycles. The first kappa shape index (κ1) is 16.8. The predicted octanol–water partition coefficient (Wildman–Crippen LogP) is 1.82. The van der Waals surface area contributed by atoms with Gasteiger partial charge in [0, 0.05) is 44.4 Å². The fraction of sp³-hybridized carbons (Fsp3) is 0.500. The van der Waals surface area contributed by atoms with Gasteiger partial charge in [-0.2, -0.15) is 0 Å². The Balaban J connectivity index is 1.67. The second-order valence-corrected chi connectivity index (χ2v) is 6.52. The van der Waals surface area contributed by atoms with Gasteiger partial charge in [0.2, 0.25) is 5.95 Å². The standard InChI is InChI=1S/C18H25N5O/c1-14-8-20-18(21-9-14)23-5-4-17-15(12-23)10-19-11-16(17)13-24-7-6-22(2)3/h8-11H,4-7,12-13H2,1-3H3. The minimum absolute atomic E-state index is 0.630. The summed E-state index contributed by atoms with van der Waals surface area (Å²) in [6.07, 6.45) is 8.60. The van der Waals surface area contributed by atoms with Crippen LogP contribution in [0, 0.1) is 6.92 Å². The summed E-state index contributed by atoms with van der Waals surface area (Å²) in [5.74, 6) is 0.791. The number of aromatic nitrogens is 3. The molecule has 0 atom stereocenters. The summed E-state index contributed by atoms with van der Waals surface area (Å²) < 4.78 is 5.80. The predicted molar refractivity (Wildman–Crippen MR) is 94.0 cm³/mol. The van der Waals surface area contributed by atoms with Gasteiger partial charge in [0.15, 0.2) is 0 Å². The average Bonchev–Trinajstić information content (AvgIpc) is 2.59. The Kier molecular flexibility index (Phi) is 5.37. The van der Waals surface area contributed by atoms with Crippen molar-refractivity contribution in [3.63, 3.8) is 0 Å². The number of anilines is 1. The number of nitrogens with zero attached hydrogens (tertiary/aromatic N) is 5. The molecular formula is C18H25N5O. The molecule has 6 heteroatoms. The Bertz CT molecular complexity index is 672. The van der Waals surface area contributed by atoms with Crippen LogP contribution in [0.4, 0.5) is 5.95 Å². The summed E-state index contributed by atoms with van der Waals surface area (Å²) in [6, 6.07) is 0. The summed E-state index contributed by atoms with van der Waals surface area (Å²) in [4.78, 5) is 17.6. The second-order valence-electron chi connectivity index (χ2n) is 6.52. The monoisotopic (exact) mass is 327 g/mol. The number of hydrogen-bond donors (Lipinski definition) is 0. The molecule has 1 aliphatic heterocycles. The van der Waals surface area contributed by atoms with Gasteiger partial charge in [0.05, 0.1) is 13.2 Å². The van der Waals surface area contributed by atoms with Gasteiger partial charge in [-0.05, 0) is 49.7 Å². The summed E-state index contributed by atoms with van der Waals surface area (Å²) >= 11 is 0. The third-order valence-electron chi connectivity index (χ3n) is 4.22. The Morgan fingerprint density at radius 2 is 1.96 bits per heavy atom. The molecule has 0 bridgehead atoms. The third-order valence-corrected chi connectivity index (χ3v) is 4.22. The largest absolute Gasteiger partial charge is 0.375 e. The molecule has 0 aliphatic carbocycles. The maximum atomic E-state index is 5.80. The minimum atomic E-state index is 0.630. The van der Waals surface area contributed by atoms with Gasteiger partial charge in [0.25, 0.3) is 0 Å². The van der Waals surface area contributed by atoms with Gasteiger partial charge in [0.1, 0.15) is 0 Å².